The quantitative estimate of drug-likeness (QED) is 0.343. The molecule has 1 heterocycles. The predicted molar refractivity (Wildman–Crippen MR) is 92.5 cm³/mol. The van der Waals surface area contributed by atoms with Crippen LogP contribution in [-0.4, -0.2) is 51.3 Å². The second-order valence-electron chi connectivity index (χ2n) is 5.55. The van der Waals surface area contributed by atoms with E-state index >= 15 is 0 Å². The number of piperidine rings is 1. The molecular weight excluding hydrogens is 353 g/mol. The monoisotopic (exact) mass is 383 g/mol. The van der Waals surface area contributed by atoms with Crippen LogP contribution in [-0.2, 0) is 4.74 Å². The topological polar surface area (TPSA) is 36.9 Å². The third-order valence-corrected chi connectivity index (χ3v) is 3.74. The first-order valence-electron chi connectivity index (χ1n) is 7.10. The molecule has 0 aromatic carbocycles. The van der Waals surface area contributed by atoms with Crippen LogP contribution in [0.25, 0.3) is 0 Å². The Morgan fingerprint density at radius 1 is 1.47 bits per heavy atom. The van der Waals surface area contributed by atoms with Gasteiger partial charge in [0.2, 0.25) is 0 Å². The van der Waals surface area contributed by atoms with Crippen LogP contribution in [0, 0.1) is 5.41 Å². The summed E-state index contributed by atoms with van der Waals surface area (Å²) in [6.45, 7) is 8.46. The van der Waals surface area contributed by atoms with Crippen molar-refractivity contribution in [3.8, 4) is 0 Å². The minimum Gasteiger partial charge on any atom is -0.383 e. The molecule has 0 bridgehead atoms. The normalized spacial score (nSPS) is 24.0. The second kappa shape index (κ2) is 9.80. The zero-order chi connectivity index (χ0) is 13.4. The standard InChI is InChI=1S/C14H29N3O.HI/c1-5-7-14(2)8-6-10-17(12-14)13(15-3)16-9-11-18-4;/h5-12H2,1-4H3,(H,15,16);1H. The third-order valence-electron chi connectivity index (χ3n) is 3.74. The van der Waals surface area contributed by atoms with E-state index < -0.39 is 0 Å². The molecule has 0 aliphatic carbocycles. The van der Waals surface area contributed by atoms with E-state index in [1.807, 2.05) is 7.05 Å². The number of rotatable bonds is 5. The Bertz CT molecular complexity index is 269. The Morgan fingerprint density at radius 3 is 2.79 bits per heavy atom. The van der Waals surface area contributed by atoms with Gasteiger partial charge in [0.05, 0.1) is 6.61 Å². The van der Waals surface area contributed by atoms with Crippen molar-refractivity contribution in [2.45, 2.75) is 39.5 Å². The van der Waals surface area contributed by atoms with Gasteiger partial charge in [-0.05, 0) is 24.7 Å². The molecule has 1 aliphatic rings. The van der Waals surface area contributed by atoms with Crippen molar-refractivity contribution in [1.29, 1.82) is 0 Å². The highest BCUT2D eigenvalue weighted by atomic mass is 127. The Kier molecular flexibility index (Phi) is 9.78. The molecule has 1 N–H and O–H groups in total. The Balaban J connectivity index is 0.00000324. The molecule has 1 aliphatic heterocycles. The molecule has 0 amide bonds. The molecule has 0 radical (unpaired) electrons. The fraction of sp³-hybridized carbons (Fsp3) is 0.929. The van der Waals surface area contributed by atoms with Crippen LogP contribution in [0.1, 0.15) is 39.5 Å². The number of methoxy groups -OCH3 is 1. The van der Waals surface area contributed by atoms with Crippen LogP contribution in [0.4, 0.5) is 0 Å². The summed E-state index contributed by atoms with van der Waals surface area (Å²) in [5.74, 6) is 1.02. The first-order valence-corrected chi connectivity index (χ1v) is 7.10. The summed E-state index contributed by atoms with van der Waals surface area (Å²) in [5.41, 5.74) is 0.450. The zero-order valence-electron chi connectivity index (χ0n) is 12.9. The maximum Gasteiger partial charge on any atom is 0.193 e. The lowest BCUT2D eigenvalue weighted by Crippen LogP contribution is -2.50. The number of ether oxygens (including phenoxy) is 1. The summed E-state index contributed by atoms with van der Waals surface area (Å²) in [5, 5.41) is 3.37. The third kappa shape index (κ3) is 6.29. The number of aliphatic imine (C=N–C) groups is 1. The molecule has 4 nitrogen and oxygen atoms in total. The van der Waals surface area contributed by atoms with E-state index in [2.05, 4.69) is 29.1 Å². The van der Waals surface area contributed by atoms with Gasteiger partial charge in [0.25, 0.3) is 0 Å². The summed E-state index contributed by atoms with van der Waals surface area (Å²) in [6, 6.07) is 0. The number of nitrogens with one attached hydrogen (secondary N) is 1. The lowest BCUT2D eigenvalue weighted by atomic mass is 9.78. The lowest BCUT2D eigenvalue weighted by Gasteiger charge is -2.42. The van der Waals surface area contributed by atoms with Gasteiger partial charge in [-0.2, -0.15) is 0 Å². The predicted octanol–water partition coefficient (Wildman–Crippen LogP) is 2.73. The van der Waals surface area contributed by atoms with Gasteiger partial charge in [-0.3, -0.25) is 4.99 Å². The number of halogens is 1. The molecule has 5 heteroatoms. The summed E-state index contributed by atoms with van der Waals surface area (Å²) >= 11 is 0. The molecule has 0 aromatic rings. The summed E-state index contributed by atoms with van der Waals surface area (Å²) in [6.07, 6.45) is 5.17. The van der Waals surface area contributed by atoms with Crippen LogP contribution in [0.15, 0.2) is 4.99 Å². The maximum atomic E-state index is 5.07. The van der Waals surface area contributed by atoms with E-state index in [4.69, 9.17) is 4.74 Å². The van der Waals surface area contributed by atoms with Crippen molar-refractivity contribution in [3.63, 3.8) is 0 Å². The Morgan fingerprint density at radius 2 is 2.21 bits per heavy atom. The Hall–Kier alpha value is -0.0400. The van der Waals surface area contributed by atoms with E-state index in [9.17, 15) is 0 Å². The molecule has 114 valence electrons. The fourth-order valence-corrected chi connectivity index (χ4v) is 2.90. The van der Waals surface area contributed by atoms with Crippen LogP contribution in [0.3, 0.4) is 0 Å². The van der Waals surface area contributed by atoms with Gasteiger partial charge in [0.1, 0.15) is 0 Å². The molecule has 0 spiro atoms. The average Bonchev–Trinajstić information content (AvgIpc) is 2.34. The Labute approximate surface area is 135 Å². The number of hydrogen-bond donors (Lipinski definition) is 1. The van der Waals surface area contributed by atoms with E-state index in [0.29, 0.717) is 5.41 Å². The van der Waals surface area contributed by atoms with Crippen LogP contribution < -0.4 is 5.32 Å². The van der Waals surface area contributed by atoms with Gasteiger partial charge in [-0.15, -0.1) is 24.0 Å². The first kappa shape index (κ1) is 19.0. The van der Waals surface area contributed by atoms with Gasteiger partial charge < -0.3 is 15.0 Å². The van der Waals surface area contributed by atoms with Crippen LogP contribution in [0.5, 0.6) is 0 Å². The minimum atomic E-state index is 0. The van der Waals surface area contributed by atoms with E-state index in [1.165, 1.54) is 25.7 Å². The molecule has 19 heavy (non-hydrogen) atoms. The minimum absolute atomic E-state index is 0. The summed E-state index contributed by atoms with van der Waals surface area (Å²) in [7, 11) is 3.59. The average molecular weight is 383 g/mol. The molecule has 0 aromatic heterocycles. The number of guanidine groups is 1. The second-order valence-corrected chi connectivity index (χ2v) is 5.55. The molecule has 1 fully saturated rings. The SMILES string of the molecule is CCCC1(C)CCCN(C(=NC)NCCOC)C1.I. The molecular formula is C14H30IN3O. The van der Waals surface area contributed by atoms with Gasteiger partial charge in [0.15, 0.2) is 5.96 Å². The highest BCUT2D eigenvalue weighted by Gasteiger charge is 2.31. The molecule has 1 unspecified atom stereocenters. The van der Waals surface area contributed by atoms with E-state index in [0.717, 1.165) is 32.2 Å². The van der Waals surface area contributed by atoms with Crippen molar-refractivity contribution >= 4 is 29.9 Å². The van der Waals surface area contributed by atoms with Crippen molar-refractivity contribution in [1.82, 2.24) is 10.2 Å². The summed E-state index contributed by atoms with van der Waals surface area (Å²) < 4.78 is 5.07. The van der Waals surface area contributed by atoms with Gasteiger partial charge >= 0.3 is 0 Å². The smallest absolute Gasteiger partial charge is 0.193 e. The largest absolute Gasteiger partial charge is 0.383 e. The van der Waals surface area contributed by atoms with Gasteiger partial charge in [0, 0.05) is 33.8 Å². The number of likely N-dealkylation sites (tertiary alicyclic amines) is 1. The fourth-order valence-electron chi connectivity index (χ4n) is 2.90. The highest BCUT2D eigenvalue weighted by Crippen LogP contribution is 2.33. The lowest BCUT2D eigenvalue weighted by molar-refractivity contribution is 0.141. The molecule has 0 saturated carbocycles. The summed E-state index contributed by atoms with van der Waals surface area (Å²) in [4.78, 5) is 6.78. The molecule has 1 rings (SSSR count). The van der Waals surface area contributed by atoms with E-state index in [-0.39, 0.29) is 24.0 Å². The maximum absolute atomic E-state index is 5.07. The van der Waals surface area contributed by atoms with Crippen LogP contribution in [0.2, 0.25) is 0 Å². The molecule has 1 atom stereocenters. The van der Waals surface area contributed by atoms with Crippen molar-refractivity contribution in [2.24, 2.45) is 10.4 Å². The van der Waals surface area contributed by atoms with Gasteiger partial charge in [-0.1, -0.05) is 20.3 Å². The van der Waals surface area contributed by atoms with E-state index in [1.54, 1.807) is 7.11 Å². The van der Waals surface area contributed by atoms with Gasteiger partial charge in [-0.25, -0.2) is 0 Å². The van der Waals surface area contributed by atoms with Crippen LogP contribution >= 0.6 is 24.0 Å². The molecule has 1 saturated heterocycles. The zero-order valence-corrected chi connectivity index (χ0v) is 15.2. The van der Waals surface area contributed by atoms with Crippen molar-refractivity contribution in [2.75, 3.05) is 40.4 Å². The first-order chi connectivity index (χ1) is 8.65. The van der Waals surface area contributed by atoms with Crippen molar-refractivity contribution in [3.05, 3.63) is 0 Å². The van der Waals surface area contributed by atoms with Crippen molar-refractivity contribution < 1.29 is 4.74 Å². The number of nitrogens with zero attached hydrogens (tertiary/aromatic N) is 2. The highest BCUT2D eigenvalue weighted by molar-refractivity contribution is 14.0. The number of hydrogen-bond acceptors (Lipinski definition) is 2.